The van der Waals surface area contributed by atoms with Crippen molar-refractivity contribution in [1.82, 2.24) is 25.1 Å². The van der Waals surface area contributed by atoms with Gasteiger partial charge < -0.3 is 10.1 Å². The number of benzene rings is 2. The minimum absolute atomic E-state index is 0.0816. The van der Waals surface area contributed by atoms with E-state index in [2.05, 4.69) is 20.6 Å². The number of hydrogen-bond acceptors (Lipinski definition) is 5. The summed E-state index contributed by atoms with van der Waals surface area (Å²) < 4.78 is 19.7. The number of ether oxygens (including phenoxy) is 1. The lowest BCUT2D eigenvalue weighted by Crippen LogP contribution is -2.27. The Morgan fingerprint density at radius 3 is 2.77 bits per heavy atom. The number of nitrogens with one attached hydrogen (secondary N) is 2. The van der Waals surface area contributed by atoms with E-state index in [1.165, 1.54) is 16.6 Å². The number of carbonyl (C=O) groups is 1. The fraction of sp³-hybridized carbons (Fsp3) is 0.143. The maximum atomic E-state index is 13.2. The molecule has 4 aromatic rings. The third kappa shape index (κ3) is 4.04. The van der Waals surface area contributed by atoms with Crippen molar-refractivity contribution in [3.63, 3.8) is 0 Å². The molecule has 0 unspecified atom stereocenters. The Morgan fingerprint density at radius 2 is 2.00 bits per heavy atom. The molecule has 0 saturated heterocycles. The standard InChI is InChI=1S/C21H18FN5O3/c1-30-16-4-2-3-13(9-16)12-23-20(28)11-19-24-25-21(29)18-10-17(26-27(18)19)14-5-7-15(22)8-6-14/h2-10H,11-12H2,1H3,(H,23,28)(H,25,29). The number of rotatable bonds is 6. The number of fused-ring (bicyclic) bond motifs is 1. The molecule has 0 aliphatic carbocycles. The molecule has 2 aromatic carbocycles. The zero-order valence-electron chi connectivity index (χ0n) is 16.1. The highest BCUT2D eigenvalue weighted by molar-refractivity contribution is 5.78. The third-order valence-corrected chi connectivity index (χ3v) is 4.56. The van der Waals surface area contributed by atoms with Gasteiger partial charge in [0.1, 0.15) is 17.1 Å². The summed E-state index contributed by atoms with van der Waals surface area (Å²) in [6.07, 6.45) is -0.0816. The van der Waals surface area contributed by atoms with Gasteiger partial charge in [-0.15, -0.1) is 0 Å². The Labute approximate surface area is 170 Å². The summed E-state index contributed by atoms with van der Waals surface area (Å²) in [5.74, 6) is 0.338. The number of amides is 1. The van der Waals surface area contributed by atoms with Crippen LogP contribution in [0.4, 0.5) is 4.39 Å². The SMILES string of the molecule is COc1cccc(CNC(=O)Cc2n[nH]c(=O)c3cc(-c4ccc(F)cc4)nn23)c1. The molecule has 152 valence electrons. The summed E-state index contributed by atoms with van der Waals surface area (Å²) >= 11 is 0. The fourth-order valence-electron chi connectivity index (χ4n) is 3.02. The van der Waals surface area contributed by atoms with Gasteiger partial charge in [-0.2, -0.15) is 10.2 Å². The molecule has 0 spiro atoms. The van der Waals surface area contributed by atoms with Crippen LogP contribution in [0.1, 0.15) is 11.4 Å². The minimum atomic E-state index is -0.434. The van der Waals surface area contributed by atoms with Crippen LogP contribution in [-0.4, -0.2) is 32.8 Å². The normalized spacial score (nSPS) is 10.9. The number of hydrogen-bond donors (Lipinski definition) is 2. The number of halogens is 1. The molecule has 0 aliphatic heterocycles. The molecule has 1 amide bonds. The second-order valence-electron chi connectivity index (χ2n) is 6.61. The summed E-state index contributed by atoms with van der Waals surface area (Å²) in [4.78, 5) is 24.6. The second kappa shape index (κ2) is 8.16. The first-order chi connectivity index (χ1) is 14.5. The molecular formula is C21H18FN5O3. The van der Waals surface area contributed by atoms with E-state index < -0.39 is 5.56 Å². The molecule has 9 heteroatoms. The zero-order valence-corrected chi connectivity index (χ0v) is 16.1. The molecule has 4 rings (SSSR count). The van der Waals surface area contributed by atoms with Crippen LogP contribution >= 0.6 is 0 Å². The smallest absolute Gasteiger partial charge is 0.290 e. The Bertz CT molecular complexity index is 1260. The third-order valence-electron chi connectivity index (χ3n) is 4.56. The van der Waals surface area contributed by atoms with Crippen LogP contribution < -0.4 is 15.6 Å². The van der Waals surface area contributed by atoms with Gasteiger partial charge in [0, 0.05) is 12.1 Å². The van der Waals surface area contributed by atoms with Gasteiger partial charge in [0.2, 0.25) is 5.91 Å². The van der Waals surface area contributed by atoms with Crippen molar-refractivity contribution in [2.45, 2.75) is 13.0 Å². The summed E-state index contributed by atoms with van der Waals surface area (Å²) in [7, 11) is 1.58. The van der Waals surface area contributed by atoms with Crippen molar-refractivity contribution in [3.05, 3.63) is 82.2 Å². The summed E-state index contributed by atoms with van der Waals surface area (Å²) in [5, 5.41) is 13.6. The van der Waals surface area contributed by atoms with E-state index in [1.54, 1.807) is 25.3 Å². The van der Waals surface area contributed by atoms with Gasteiger partial charge in [-0.1, -0.05) is 12.1 Å². The van der Waals surface area contributed by atoms with Crippen molar-refractivity contribution >= 4 is 11.4 Å². The number of carbonyl (C=O) groups excluding carboxylic acids is 1. The summed E-state index contributed by atoms with van der Waals surface area (Å²) in [6.45, 7) is 0.322. The molecule has 2 heterocycles. The number of methoxy groups -OCH3 is 1. The first-order valence-electron chi connectivity index (χ1n) is 9.16. The molecule has 2 aromatic heterocycles. The van der Waals surface area contributed by atoms with E-state index in [9.17, 15) is 14.0 Å². The summed E-state index contributed by atoms with van der Waals surface area (Å²) in [6, 6.07) is 14.7. The zero-order chi connectivity index (χ0) is 21.1. The molecular weight excluding hydrogens is 389 g/mol. The predicted octanol–water partition coefficient (Wildman–Crippen LogP) is 2.09. The van der Waals surface area contributed by atoms with Gasteiger partial charge in [-0.3, -0.25) is 9.59 Å². The topological polar surface area (TPSA) is 101 Å². The predicted molar refractivity (Wildman–Crippen MR) is 108 cm³/mol. The van der Waals surface area contributed by atoms with E-state index in [-0.39, 0.29) is 29.5 Å². The Morgan fingerprint density at radius 1 is 1.20 bits per heavy atom. The van der Waals surface area contributed by atoms with Crippen molar-refractivity contribution in [1.29, 1.82) is 0 Å². The molecule has 8 nitrogen and oxygen atoms in total. The van der Waals surface area contributed by atoms with Gasteiger partial charge in [0.05, 0.1) is 19.2 Å². The Hall–Kier alpha value is -4.01. The van der Waals surface area contributed by atoms with Gasteiger partial charge >= 0.3 is 0 Å². The number of aromatic amines is 1. The molecule has 0 fully saturated rings. The lowest BCUT2D eigenvalue weighted by Gasteiger charge is -2.07. The van der Waals surface area contributed by atoms with Gasteiger partial charge in [-0.25, -0.2) is 14.0 Å². The minimum Gasteiger partial charge on any atom is -0.497 e. The number of nitrogens with zero attached hydrogens (tertiary/aromatic N) is 3. The molecule has 0 bridgehead atoms. The highest BCUT2D eigenvalue weighted by Gasteiger charge is 2.15. The van der Waals surface area contributed by atoms with Crippen molar-refractivity contribution < 1.29 is 13.9 Å². The van der Waals surface area contributed by atoms with Crippen LogP contribution in [0.25, 0.3) is 16.8 Å². The van der Waals surface area contributed by atoms with E-state index in [4.69, 9.17) is 4.74 Å². The first-order valence-corrected chi connectivity index (χ1v) is 9.16. The van der Waals surface area contributed by atoms with Crippen LogP contribution in [0.5, 0.6) is 5.75 Å². The molecule has 30 heavy (non-hydrogen) atoms. The Balaban J connectivity index is 1.54. The van der Waals surface area contributed by atoms with E-state index in [0.717, 1.165) is 5.56 Å². The number of H-pyrrole nitrogens is 1. The maximum Gasteiger partial charge on any atom is 0.290 e. The lowest BCUT2D eigenvalue weighted by atomic mass is 10.1. The van der Waals surface area contributed by atoms with Crippen LogP contribution in [0.3, 0.4) is 0 Å². The van der Waals surface area contributed by atoms with Crippen LogP contribution in [-0.2, 0) is 17.8 Å². The second-order valence-corrected chi connectivity index (χ2v) is 6.61. The largest absolute Gasteiger partial charge is 0.497 e. The monoisotopic (exact) mass is 407 g/mol. The quantitative estimate of drug-likeness (QED) is 0.510. The van der Waals surface area contributed by atoms with Gasteiger partial charge in [0.25, 0.3) is 5.56 Å². The maximum absolute atomic E-state index is 13.2. The van der Waals surface area contributed by atoms with E-state index >= 15 is 0 Å². The van der Waals surface area contributed by atoms with Crippen molar-refractivity contribution in [3.8, 4) is 17.0 Å². The summed E-state index contributed by atoms with van der Waals surface area (Å²) in [5.41, 5.74) is 1.83. The molecule has 2 N–H and O–H groups in total. The van der Waals surface area contributed by atoms with Crippen molar-refractivity contribution in [2.24, 2.45) is 0 Å². The van der Waals surface area contributed by atoms with Gasteiger partial charge in [-0.05, 0) is 48.0 Å². The average molecular weight is 407 g/mol. The van der Waals surface area contributed by atoms with E-state index in [0.29, 0.717) is 23.6 Å². The van der Waals surface area contributed by atoms with Crippen LogP contribution in [0.15, 0.2) is 59.4 Å². The highest BCUT2D eigenvalue weighted by atomic mass is 19.1. The average Bonchev–Trinajstić information content (AvgIpc) is 3.21. The van der Waals surface area contributed by atoms with E-state index in [1.807, 2.05) is 24.3 Å². The van der Waals surface area contributed by atoms with Crippen LogP contribution in [0.2, 0.25) is 0 Å². The fourth-order valence-corrected chi connectivity index (χ4v) is 3.02. The molecule has 0 atom stereocenters. The van der Waals surface area contributed by atoms with Crippen molar-refractivity contribution in [2.75, 3.05) is 7.11 Å². The first kappa shape index (κ1) is 19.3. The molecule has 0 radical (unpaired) electrons. The molecule has 0 aliphatic rings. The Kier molecular flexibility index (Phi) is 5.25. The van der Waals surface area contributed by atoms with Gasteiger partial charge in [0.15, 0.2) is 5.82 Å². The number of aromatic nitrogens is 4. The molecule has 0 saturated carbocycles. The highest BCUT2D eigenvalue weighted by Crippen LogP contribution is 2.19. The van der Waals surface area contributed by atoms with Crippen LogP contribution in [0, 0.1) is 5.82 Å². The lowest BCUT2D eigenvalue weighted by molar-refractivity contribution is -0.120.